The van der Waals surface area contributed by atoms with Crippen molar-refractivity contribution in [1.29, 1.82) is 0 Å². The van der Waals surface area contributed by atoms with Gasteiger partial charge in [0.05, 0.1) is 6.54 Å². The van der Waals surface area contributed by atoms with Gasteiger partial charge in [0.25, 0.3) is 0 Å². The van der Waals surface area contributed by atoms with E-state index in [9.17, 15) is 9.59 Å². The fourth-order valence-corrected chi connectivity index (χ4v) is 1.04. The Labute approximate surface area is 72.7 Å². The Hall–Kier alpha value is -1.92. The molecule has 7 nitrogen and oxygen atoms in total. The third-order valence-corrected chi connectivity index (χ3v) is 1.61. The van der Waals surface area contributed by atoms with Crippen LogP contribution in [0, 0.1) is 0 Å². The fraction of sp³-hybridized carbons (Fsp3) is 0.333. The fourth-order valence-electron chi connectivity index (χ4n) is 1.04. The van der Waals surface area contributed by atoms with Crippen LogP contribution in [0.4, 0.5) is 4.79 Å². The summed E-state index contributed by atoms with van der Waals surface area (Å²) in [5, 5.41) is 5.66. The van der Waals surface area contributed by atoms with Crippen molar-refractivity contribution < 1.29 is 14.1 Å². The molecule has 0 spiro atoms. The second kappa shape index (κ2) is 2.85. The Morgan fingerprint density at radius 1 is 1.62 bits per heavy atom. The number of urea groups is 1. The van der Waals surface area contributed by atoms with Gasteiger partial charge in [-0.15, -0.1) is 0 Å². The van der Waals surface area contributed by atoms with Crippen molar-refractivity contribution in [2.75, 3.05) is 6.54 Å². The summed E-state index contributed by atoms with van der Waals surface area (Å²) in [6.07, 6.45) is 1.17. The Balaban J connectivity index is 2.03. The Morgan fingerprint density at radius 3 is 3.00 bits per heavy atom. The molecule has 68 valence electrons. The van der Waals surface area contributed by atoms with Crippen LogP contribution in [0.3, 0.4) is 0 Å². The van der Waals surface area contributed by atoms with Crippen LogP contribution in [0.15, 0.2) is 10.9 Å². The van der Waals surface area contributed by atoms with Gasteiger partial charge in [0.1, 0.15) is 6.54 Å². The molecule has 13 heavy (non-hydrogen) atoms. The summed E-state index contributed by atoms with van der Waals surface area (Å²) in [5.74, 6) is 0.0679. The van der Waals surface area contributed by atoms with Crippen LogP contribution in [-0.4, -0.2) is 33.5 Å². The van der Waals surface area contributed by atoms with E-state index in [1.54, 1.807) is 0 Å². The molecule has 1 fully saturated rings. The molecule has 0 aromatic carbocycles. The zero-order valence-corrected chi connectivity index (χ0v) is 6.56. The second-order valence-electron chi connectivity index (χ2n) is 2.56. The molecule has 0 radical (unpaired) electrons. The number of carbonyl (C=O) groups is 2. The first-order valence-corrected chi connectivity index (χ1v) is 3.60. The molecular formula is C6H6N4O3. The highest BCUT2D eigenvalue weighted by Crippen LogP contribution is 2.02. The maximum atomic E-state index is 11.0. The molecule has 1 aliphatic heterocycles. The number of nitrogens with zero attached hydrogens (tertiary/aromatic N) is 3. The van der Waals surface area contributed by atoms with Crippen molar-refractivity contribution in [3.63, 3.8) is 0 Å². The molecule has 0 aliphatic carbocycles. The summed E-state index contributed by atoms with van der Waals surface area (Å²) in [4.78, 5) is 26.8. The number of carbonyl (C=O) groups excluding carboxylic acids is 2. The number of aromatic nitrogens is 2. The highest BCUT2D eigenvalue weighted by Gasteiger charge is 2.27. The van der Waals surface area contributed by atoms with Crippen molar-refractivity contribution in [3.05, 3.63) is 12.2 Å². The van der Waals surface area contributed by atoms with Gasteiger partial charge in [-0.1, -0.05) is 5.16 Å². The Morgan fingerprint density at radius 2 is 2.46 bits per heavy atom. The third kappa shape index (κ3) is 1.48. The van der Waals surface area contributed by atoms with E-state index in [0.717, 1.165) is 0 Å². The van der Waals surface area contributed by atoms with Crippen molar-refractivity contribution >= 4 is 11.9 Å². The van der Waals surface area contributed by atoms with Crippen LogP contribution in [0.5, 0.6) is 0 Å². The lowest BCUT2D eigenvalue weighted by molar-refractivity contribution is -0.118. The van der Waals surface area contributed by atoms with Gasteiger partial charge in [-0.05, 0) is 0 Å². The lowest BCUT2D eigenvalue weighted by Gasteiger charge is -2.08. The van der Waals surface area contributed by atoms with Gasteiger partial charge in [0.2, 0.25) is 12.3 Å². The summed E-state index contributed by atoms with van der Waals surface area (Å²) in [6.45, 7) is 0.238. The van der Waals surface area contributed by atoms with Crippen LogP contribution >= 0.6 is 0 Å². The van der Waals surface area contributed by atoms with Crippen LogP contribution in [0.2, 0.25) is 0 Å². The first kappa shape index (κ1) is 7.71. The zero-order valence-electron chi connectivity index (χ0n) is 6.56. The Kier molecular flexibility index (Phi) is 1.69. The van der Waals surface area contributed by atoms with Gasteiger partial charge >= 0.3 is 6.03 Å². The third-order valence-electron chi connectivity index (χ3n) is 1.61. The topological polar surface area (TPSA) is 88.3 Å². The van der Waals surface area contributed by atoms with Crippen molar-refractivity contribution in [1.82, 2.24) is 20.4 Å². The molecule has 1 aliphatic rings. The predicted octanol–water partition coefficient (Wildman–Crippen LogP) is -0.879. The molecular weight excluding hydrogens is 176 g/mol. The highest BCUT2D eigenvalue weighted by atomic mass is 16.5. The van der Waals surface area contributed by atoms with E-state index in [-0.39, 0.29) is 19.0 Å². The highest BCUT2D eigenvalue weighted by molar-refractivity contribution is 6.01. The van der Waals surface area contributed by atoms with Crippen LogP contribution in [0.1, 0.15) is 5.82 Å². The molecule has 0 saturated carbocycles. The summed E-state index contributed by atoms with van der Waals surface area (Å²) >= 11 is 0. The van der Waals surface area contributed by atoms with E-state index in [1.165, 1.54) is 11.3 Å². The quantitative estimate of drug-likeness (QED) is 0.600. The van der Waals surface area contributed by atoms with E-state index in [1.807, 2.05) is 0 Å². The number of amides is 3. The van der Waals surface area contributed by atoms with Gasteiger partial charge in [-0.2, -0.15) is 4.98 Å². The lowest BCUT2D eigenvalue weighted by atomic mass is 10.5. The molecule has 7 heteroatoms. The second-order valence-corrected chi connectivity index (χ2v) is 2.56. The summed E-state index contributed by atoms with van der Waals surface area (Å²) in [7, 11) is 0. The van der Waals surface area contributed by atoms with E-state index >= 15 is 0 Å². The lowest BCUT2D eigenvalue weighted by Crippen LogP contribution is -2.28. The first-order chi connectivity index (χ1) is 6.25. The van der Waals surface area contributed by atoms with Gasteiger partial charge in [-0.3, -0.25) is 10.1 Å². The molecule has 1 N–H and O–H groups in total. The standard InChI is InChI=1S/C6H6N4O3/c11-5-2-10(6(12)8-5)1-4-7-3-13-9-4/h3H,1-2H2,(H,8,11,12). The van der Waals surface area contributed by atoms with Gasteiger partial charge in [0, 0.05) is 0 Å². The molecule has 0 atom stereocenters. The van der Waals surface area contributed by atoms with E-state index in [0.29, 0.717) is 5.82 Å². The predicted molar refractivity (Wildman–Crippen MR) is 38.2 cm³/mol. The summed E-state index contributed by atoms with van der Waals surface area (Å²) in [6, 6.07) is -0.421. The average Bonchev–Trinajstić information content (AvgIpc) is 2.63. The SMILES string of the molecule is O=C1CN(Cc2ncon2)C(=O)N1. The average molecular weight is 182 g/mol. The number of hydrogen-bond acceptors (Lipinski definition) is 5. The van der Waals surface area contributed by atoms with Crippen LogP contribution < -0.4 is 5.32 Å². The molecule has 2 heterocycles. The van der Waals surface area contributed by atoms with Gasteiger partial charge in [0.15, 0.2) is 5.82 Å². The Bertz CT molecular complexity index is 334. The summed E-state index contributed by atoms with van der Waals surface area (Å²) in [5.41, 5.74) is 0. The zero-order chi connectivity index (χ0) is 9.26. The molecule has 1 aromatic heterocycles. The van der Waals surface area contributed by atoms with E-state index < -0.39 is 6.03 Å². The maximum Gasteiger partial charge on any atom is 0.324 e. The number of rotatable bonds is 2. The van der Waals surface area contributed by atoms with Crippen molar-refractivity contribution in [3.8, 4) is 0 Å². The minimum atomic E-state index is -0.421. The molecule has 3 amide bonds. The minimum Gasteiger partial charge on any atom is -0.343 e. The normalized spacial score (nSPS) is 16.5. The summed E-state index contributed by atoms with van der Waals surface area (Å²) < 4.78 is 4.48. The molecule has 0 unspecified atom stereocenters. The van der Waals surface area contributed by atoms with E-state index in [4.69, 9.17) is 0 Å². The molecule has 1 aromatic rings. The molecule has 0 bridgehead atoms. The van der Waals surface area contributed by atoms with Crippen LogP contribution in [-0.2, 0) is 11.3 Å². The van der Waals surface area contributed by atoms with Gasteiger partial charge in [-0.25, -0.2) is 4.79 Å². The van der Waals surface area contributed by atoms with Crippen molar-refractivity contribution in [2.45, 2.75) is 6.54 Å². The number of nitrogens with one attached hydrogen (secondary N) is 1. The van der Waals surface area contributed by atoms with Crippen LogP contribution in [0.25, 0.3) is 0 Å². The van der Waals surface area contributed by atoms with E-state index in [2.05, 4.69) is 20.0 Å². The molecule has 1 saturated heterocycles. The molecule has 2 rings (SSSR count). The largest absolute Gasteiger partial charge is 0.343 e. The smallest absolute Gasteiger partial charge is 0.324 e. The minimum absolute atomic E-state index is 0.0490. The first-order valence-electron chi connectivity index (χ1n) is 3.60. The monoisotopic (exact) mass is 182 g/mol. The maximum absolute atomic E-state index is 11.0. The van der Waals surface area contributed by atoms with Gasteiger partial charge < -0.3 is 9.42 Å². The number of imide groups is 1. The number of hydrogen-bond donors (Lipinski definition) is 1. The van der Waals surface area contributed by atoms with Crippen molar-refractivity contribution in [2.24, 2.45) is 0 Å².